The maximum atomic E-state index is 8.38. The zero-order valence-corrected chi connectivity index (χ0v) is 4.02. The van der Waals surface area contributed by atoms with Crippen molar-refractivity contribution in [1.82, 2.24) is 0 Å². The predicted octanol–water partition coefficient (Wildman–Crippen LogP) is 1.17. The minimum atomic E-state index is -0.278. The molecule has 36 valence electrons. The lowest BCUT2D eigenvalue weighted by atomic mass is 9.49. The normalized spacial score (nSPS) is 66.4. The highest BCUT2D eigenvalue weighted by atomic mass is 14.6. The van der Waals surface area contributed by atoms with Crippen molar-refractivity contribution in [2.75, 3.05) is 0 Å². The van der Waals surface area contributed by atoms with Gasteiger partial charge >= 0.3 is 0 Å². The van der Waals surface area contributed by atoms with Crippen molar-refractivity contribution in [3.8, 4) is 6.07 Å². The van der Waals surface area contributed by atoms with Crippen LogP contribution in [-0.2, 0) is 0 Å². The lowest BCUT2D eigenvalue weighted by Gasteiger charge is -2.54. The molecule has 3 aliphatic rings. The van der Waals surface area contributed by atoms with Gasteiger partial charge in [-0.1, -0.05) is 0 Å². The summed E-state index contributed by atoms with van der Waals surface area (Å²) in [6.07, 6.45) is 1.98. The Morgan fingerprint density at radius 1 is 1.71 bits per heavy atom. The van der Waals surface area contributed by atoms with Crippen LogP contribution in [0.2, 0.25) is 0 Å². The van der Waals surface area contributed by atoms with Crippen LogP contribution in [0.3, 0.4) is 0 Å². The number of nitrogens with zero attached hydrogens (tertiary/aromatic N) is 1. The second-order valence-electron chi connectivity index (χ2n) is 2.43. The third-order valence-corrected chi connectivity index (χ3v) is 2.10. The summed E-state index contributed by atoms with van der Waals surface area (Å²) in [6.45, 7) is 0. The van der Waals surface area contributed by atoms with E-state index in [9.17, 15) is 0 Å². The summed E-state index contributed by atoms with van der Waals surface area (Å²) in [6, 6.07) is 2.15. The van der Waals surface area contributed by atoms with Crippen molar-refractivity contribution in [3.63, 3.8) is 0 Å². The van der Waals surface area contributed by atoms with Gasteiger partial charge in [0.1, 0.15) is 0 Å². The van der Waals surface area contributed by atoms with Crippen molar-refractivity contribution >= 4 is 0 Å². The molecule has 0 heterocycles. The SMILES string of the molecule is [2H]C12CC(C1)C2C#N. The first-order valence-corrected chi connectivity index (χ1v) is 2.66. The van der Waals surface area contributed by atoms with Crippen molar-refractivity contribution in [2.45, 2.75) is 12.8 Å². The second-order valence-corrected chi connectivity index (χ2v) is 2.43. The summed E-state index contributed by atoms with van der Waals surface area (Å²) in [5, 5.41) is 8.38. The zero-order chi connectivity index (χ0) is 5.78. The highest BCUT2D eigenvalue weighted by Crippen LogP contribution is 2.57. The van der Waals surface area contributed by atoms with E-state index in [0.717, 1.165) is 12.8 Å². The van der Waals surface area contributed by atoms with Gasteiger partial charge in [0, 0.05) is 1.37 Å². The van der Waals surface area contributed by atoms with Crippen LogP contribution >= 0.6 is 0 Å². The summed E-state index contributed by atoms with van der Waals surface area (Å²) in [4.78, 5) is 0. The monoisotopic (exact) mass is 94.1 g/mol. The minimum absolute atomic E-state index is 0.0995. The van der Waals surface area contributed by atoms with Gasteiger partial charge in [-0.05, 0) is 24.7 Å². The summed E-state index contributed by atoms with van der Waals surface area (Å²) < 4.78 is 7.47. The van der Waals surface area contributed by atoms with Crippen molar-refractivity contribution in [2.24, 2.45) is 17.7 Å². The molecule has 1 unspecified atom stereocenters. The number of hydrogen-bond acceptors (Lipinski definition) is 1. The van der Waals surface area contributed by atoms with Gasteiger partial charge in [0.05, 0.1) is 12.0 Å². The molecule has 0 aromatic heterocycles. The van der Waals surface area contributed by atoms with Crippen LogP contribution in [0.4, 0.5) is 0 Å². The Kier molecular flexibility index (Phi) is 0.325. The van der Waals surface area contributed by atoms with Gasteiger partial charge in [0.2, 0.25) is 0 Å². The number of nitriles is 1. The van der Waals surface area contributed by atoms with E-state index in [1.807, 2.05) is 0 Å². The molecule has 1 nitrogen and oxygen atoms in total. The average Bonchev–Trinajstić information content (AvgIpc) is 1.62. The molecule has 3 saturated carbocycles. The standard InChI is InChI=1S/C6H7N/c7-3-6-4-1-5(6)2-4/h4-6H,1-2H2/i4D. The van der Waals surface area contributed by atoms with Crippen LogP contribution in [0, 0.1) is 29.1 Å². The van der Waals surface area contributed by atoms with E-state index in [2.05, 4.69) is 6.07 Å². The van der Waals surface area contributed by atoms with Gasteiger partial charge < -0.3 is 0 Å². The molecule has 2 bridgehead atoms. The maximum Gasteiger partial charge on any atom is 0.0661 e. The molecular weight excluding hydrogens is 86.1 g/mol. The Morgan fingerprint density at radius 2 is 2.43 bits per heavy atom. The lowest BCUT2D eigenvalue weighted by molar-refractivity contribution is -0.0417. The minimum Gasteiger partial charge on any atom is -0.198 e. The first kappa shape index (κ1) is 2.71. The molecule has 3 aliphatic carbocycles. The molecule has 0 aliphatic heterocycles. The average molecular weight is 94.1 g/mol. The first-order valence-electron chi connectivity index (χ1n) is 3.16. The molecule has 1 heteroatoms. The molecule has 0 aromatic carbocycles. The van der Waals surface area contributed by atoms with Crippen LogP contribution in [0.15, 0.2) is 0 Å². The van der Waals surface area contributed by atoms with E-state index in [-0.39, 0.29) is 11.8 Å². The summed E-state index contributed by atoms with van der Waals surface area (Å²) in [5.74, 6) is 0.430. The van der Waals surface area contributed by atoms with Gasteiger partial charge in [0.15, 0.2) is 0 Å². The molecule has 3 fully saturated rings. The molecule has 0 amide bonds. The van der Waals surface area contributed by atoms with Gasteiger partial charge in [0.25, 0.3) is 0 Å². The Hall–Kier alpha value is -0.510. The number of rotatable bonds is 0. The third kappa shape index (κ3) is 0.219. The molecule has 7 heavy (non-hydrogen) atoms. The Morgan fingerprint density at radius 3 is 2.43 bits per heavy atom. The quantitative estimate of drug-likeness (QED) is 0.442. The smallest absolute Gasteiger partial charge is 0.0661 e. The largest absolute Gasteiger partial charge is 0.198 e. The highest BCUT2D eigenvalue weighted by Gasteiger charge is 2.52. The van der Waals surface area contributed by atoms with Crippen molar-refractivity contribution < 1.29 is 1.37 Å². The molecule has 1 atom stereocenters. The molecule has 0 saturated heterocycles. The van der Waals surface area contributed by atoms with E-state index in [0.29, 0.717) is 5.92 Å². The highest BCUT2D eigenvalue weighted by molar-refractivity contribution is 5.10. The molecule has 0 radical (unpaired) electrons. The molecule has 3 rings (SSSR count). The summed E-state index contributed by atoms with van der Waals surface area (Å²) in [5.41, 5.74) is 0. The van der Waals surface area contributed by atoms with Crippen LogP contribution < -0.4 is 0 Å². The zero-order valence-electron chi connectivity index (χ0n) is 5.02. The van der Waals surface area contributed by atoms with Gasteiger partial charge in [-0.25, -0.2) is 0 Å². The summed E-state index contributed by atoms with van der Waals surface area (Å²) in [7, 11) is 0. The van der Waals surface area contributed by atoms with E-state index in [1.54, 1.807) is 0 Å². The first-order chi connectivity index (χ1) is 3.76. The molecular formula is C6H7N. The van der Waals surface area contributed by atoms with E-state index in [4.69, 9.17) is 6.63 Å². The summed E-state index contributed by atoms with van der Waals surface area (Å²) >= 11 is 0. The molecule has 0 aromatic rings. The third-order valence-electron chi connectivity index (χ3n) is 2.10. The molecule has 0 N–H and O–H groups in total. The van der Waals surface area contributed by atoms with E-state index >= 15 is 0 Å². The molecule has 0 spiro atoms. The van der Waals surface area contributed by atoms with Crippen LogP contribution in [0.5, 0.6) is 0 Å². The maximum absolute atomic E-state index is 8.38. The number of hydrogen-bond donors (Lipinski definition) is 0. The van der Waals surface area contributed by atoms with Gasteiger partial charge in [-0.2, -0.15) is 5.26 Å². The fourth-order valence-corrected chi connectivity index (χ4v) is 1.31. The second kappa shape index (κ2) is 0.838. The fraction of sp³-hybridized carbons (Fsp3) is 0.833. The van der Waals surface area contributed by atoms with E-state index < -0.39 is 0 Å². The van der Waals surface area contributed by atoms with Gasteiger partial charge in [-0.15, -0.1) is 0 Å². The fourth-order valence-electron chi connectivity index (χ4n) is 1.31. The predicted molar refractivity (Wildman–Crippen MR) is 25.3 cm³/mol. The Labute approximate surface area is 44.3 Å². The Balaban J connectivity index is 2.17. The van der Waals surface area contributed by atoms with Crippen LogP contribution in [0.25, 0.3) is 0 Å². The van der Waals surface area contributed by atoms with Crippen molar-refractivity contribution in [3.05, 3.63) is 0 Å². The van der Waals surface area contributed by atoms with Gasteiger partial charge in [-0.3, -0.25) is 0 Å². The lowest BCUT2D eigenvalue weighted by Crippen LogP contribution is -2.49. The topological polar surface area (TPSA) is 23.8 Å². The van der Waals surface area contributed by atoms with Crippen LogP contribution in [0.1, 0.15) is 14.2 Å². The van der Waals surface area contributed by atoms with E-state index in [1.165, 1.54) is 0 Å². The van der Waals surface area contributed by atoms with Crippen LogP contribution in [-0.4, -0.2) is 0 Å². The Bertz CT molecular complexity index is 164. The van der Waals surface area contributed by atoms with Crippen molar-refractivity contribution in [1.29, 1.82) is 5.26 Å².